The van der Waals surface area contributed by atoms with E-state index in [4.69, 9.17) is 9.72 Å². The monoisotopic (exact) mass is 338 g/mol. The normalized spacial score (nSPS) is 12.7. The van der Waals surface area contributed by atoms with Crippen molar-refractivity contribution in [1.29, 1.82) is 0 Å². The van der Waals surface area contributed by atoms with Gasteiger partial charge in [0.15, 0.2) is 0 Å². The second-order valence-corrected chi connectivity index (χ2v) is 7.01. The van der Waals surface area contributed by atoms with Crippen LogP contribution in [0.2, 0.25) is 0 Å². The van der Waals surface area contributed by atoms with Gasteiger partial charge in [-0.05, 0) is 49.2 Å². The van der Waals surface area contributed by atoms with Crippen LogP contribution in [0, 0.1) is 13.8 Å². The Hall–Kier alpha value is -2.33. The van der Waals surface area contributed by atoms with E-state index in [0.29, 0.717) is 12.5 Å². The van der Waals surface area contributed by atoms with E-state index in [1.807, 2.05) is 50.2 Å². The first kappa shape index (κ1) is 17.5. The lowest BCUT2D eigenvalue weighted by molar-refractivity contribution is 0.0925. The minimum atomic E-state index is -0.601. The number of fused-ring (bicyclic) bond motifs is 1. The number of benzene rings is 2. The summed E-state index contributed by atoms with van der Waals surface area (Å²) in [4.78, 5) is 4.72. The Bertz CT molecular complexity index is 847. The van der Waals surface area contributed by atoms with E-state index in [9.17, 15) is 5.11 Å². The minimum Gasteiger partial charge on any atom is -0.491 e. The summed E-state index contributed by atoms with van der Waals surface area (Å²) in [5, 5.41) is 10.5. The van der Waals surface area contributed by atoms with Gasteiger partial charge < -0.3 is 14.4 Å². The number of aryl methyl sites for hydroxylation is 2. The fraction of sp³-hybridized carbons (Fsp3) is 0.381. The van der Waals surface area contributed by atoms with Crippen LogP contribution in [0.1, 0.15) is 36.7 Å². The van der Waals surface area contributed by atoms with Gasteiger partial charge in [-0.2, -0.15) is 0 Å². The quantitative estimate of drug-likeness (QED) is 0.732. The van der Waals surface area contributed by atoms with Gasteiger partial charge in [-0.3, -0.25) is 0 Å². The molecular weight excluding hydrogens is 312 g/mol. The van der Waals surface area contributed by atoms with Crippen molar-refractivity contribution in [3.8, 4) is 5.75 Å². The van der Waals surface area contributed by atoms with Crippen LogP contribution in [0.15, 0.2) is 42.5 Å². The molecule has 0 unspecified atom stereocenters. The predicted molar refractivity (Wildman–Crippen MR) is 101 cm³/mol. The third-order valence-corrected chi connectivity index (χ3v) is 4.23. The number of aliphatic hydroxyl groups excluding tert-OH is 1. The van der Waals surface area contributed by atoms with Crippen molar-refractivity contribution in [2.45, 2.75) is 46.3 Å². The Labute approximate surface area is 149 Å². The van der Waals surface area contributed by atoms with Gasteiger partial charge in [-0.1, -0.05) is 32.0 Å². The number of ether oxygens (including phenoxy) is 1. The third kappa shape index (κ3) is 4.02. The molecule has 3 aromatic rings. The molecule has 0 aliphatic heterocycles. The molecule has 0 radical (unpaired) electrons. The second-order valence-electron chi connectivity index (χ2n) is 7.01. The number of aliphatic hydroxyl groups is 1. The number of hydrogen-bond donors (Lipinski definition) is 1. The van der Waals surface area contributed by atoms with Crippen molar-refractivity contribution in [1.82, 2.24) is 9.55 Å². The average Bonchev–Trinajstić information content (AvgIpc) is 2.91. The molecule has 3 rings (SSSR count). The highest BCUT2D eigenvalue weighted by molar-refractivity contribution is 5.76. The largest absolute Gasteiger partial charge is 0.491 e. The van der Waals surface area contributed by atoms with E-state index in [1.165, 1.54) is 0 Å². The molecule has 1 N–H and O–H groups in total. The number of nitrogens with zero attached hydrogens (tertiary/aromatic N) is 2. The Kier molecular flexibility index (Phi) is 5.09. The second kappa shape index (κ2) is 7.28. The SMILES string of the molecule is Cc1cc(C)cc(OC[C@H](O)Cn2c(C(C)C)nc3ccccc32)c1. The van der Waals surface area contributed by atoms with E-state index < -0.39 is 6.10 Å². The zero-order valence-electron chi connectivity index (χ0n) is 15.4. The van der Waals surface area contributed by atoms with Gasteiger partial charge in [0.1, 0.15) is 24.3 Å². The molecule has 1 atom stereocenters. The first-order valence-corrected chi connectivity index (χ1v) is 8.78. The van der Waals surface area contributed by atoms with Crippen molar-refractivity contribution in [3.05, 3.63) is 59.4 Å². The average molecular weight is 338 g/mol. The Morgan fingerprint density at radius 3 is 2.44 bits per heavy atom. The molecule has 0 aliphatic carbocycles. The number of imidazole rings is 1. The molecule has 0 bridgehead atoms. The summed E-state index contributed by atoms with van der Waals surface area (Å²) in [6.45, 7) is 9.06. The van der Waals surface area contributed by atoms with Gasteiger partial charge in [0, 0.05) is 5.92 Å². The molecule has 0 fully saturated rings. The summed E-state index contributed by atoms with van der Waals surface area (Å²) in [7, 11) is 0. The van der Waals surface area contributed by atoms with Gasteiger partial charge in [0.25, 0.3) is 0 Å². The molecule has 25 heavy (non-hydrogen) atoms. The van der Waals surface area contributed by atoms with E-state index in [-0.39, 0.29) is 6.61 Å². The Morgan fingerprint density at radius 1 is 1.08 bits per heavy atom. The summed E-state index contributed by atoms with van der Waals surface area (Å²) in [5.41, 5.74) is 4.34. The Morgan fingerprint density at radius 2 is 1.76 bits per heavy atom. The number of rotatable bonds is 6. The fourth-order valence-corrected chi connectivity index (χ4v) is 3.20. The van der Waals surface area contributed by atoms with Crippen LogP contribution < -0.4 is 4.74 Å². The summed E-state index contributed by atoms with van der Waals surface area (Å²) < 4.78 is 7.91. The van der Waals surface area contributed by atoms with Crippen molar-refractivity contribution >= 4 is 11.0 Å². The summed E-state index contributed by atoms with van der Waals surface area (Å²) >= 11 is 0. The molecule has 1 heterocycles. The molecule has 0 amide bonds. The van der Waals surface area contributed by atoms with Crippen molar-refractivity contribution < 1.29 is 9.84 Å². The maximum atomic E-state index is 10.5. The molecule has 132 valence electrons. The molecule has 4 nitrogen and oxygen atoms in total. The van der Waals surface area contributed by atoms with Gasteiger partial charge in [0.05, 0.1) is 17.6 Å². The van der Waals surface area contributed by atoms with E-state index in [0.717, 1.165) is 33.7 Å². The van der Waals surface area contributed by atoms with Crippen molar-refractivity contribution in [3.63, 3.8) is 0 Å². The maximum Gasteiger partial charge on any atom is 0.119 e. The molecule has 0 aliphatic rings. The van der Waals surface area contributed by atoms with Gasteiger partial charge >= 0.3 is 0 Å². The van der Waals surface area contributed by atoms with Crippen LogP contribution >= 0.6 is 0 Å². The topological polar surface area (TPSA) is 47.3 Å². The van der Waals surface area contributed by atoms with Gasteiger partial charge in [-0.25, -0.2) is 4.98 Å². The molecule has 0 saturated heterocycles. The van der Waals surface area contributed by atoms with Crippen molar-refractivity contribution in [2.75, 3.05) is 6.61 Å². The molecular formula is C21H26N2O2. The smallest absolute Gasteiger partial charge is 0.119 e. The highest BCUT2D eigenvalue weighted by Crippen LogP contribution is 2.22. The summed E-state index contributed by atoms with van der Waals surface area (Å²) in [5.74, 6) is 2.09. The molecule has 4 heteroatoms. The zero-order valence-corrected chi connectivity index (χ0v) is 15.4. The summed E-state index contributed by atoms with van der Waals surface area (Å²) in [6, 6.07) is 14.1. The summed E-state index contributed by atoms with van der Waals surface area (Å²) in [6.07, 6.45) is -0.601. The fourth-order valence-electron chi connectivity index (χ4n) is 3.20. The molecule has 0 spiro atoms. The number of para-hydroxylation sites is 2. The van der Waals surface area contributed by atoms with Crippen LogP contribution in [0.25, 0.3) is 11.0 Å². The van der Waals surface area contributed by atoms with Crippen LogP contribution in [0.4, 0.5) is 0 Å². The van der Waals surface area contributed by atoms with Crippen LogP contribution in [0.5, 0.6) is 5.75 Å². The molecule has 0 saturated carbocycles. The highest BCUT2D eigenvalue weighted by Gasteiger charge is 2.16. The first-order valence-electron chi connectivity index (χ1n) is 8.78. The number of hydrogen-bond acceptors (Lipinski definition) is 3. The third-order valence-electron chi connectivity index (χ3n) is 4.23. The highest BCUT2D eigenvalue weighted by atomic mass is 16.5. The van der Waals surface area contributed by atoms with Crippen LogP contribution in [-0.2, 0) is 6.54 Å². The van der Waals surface area contributed by atoms with Crippen LogP contribution in [0.3, 0.4) is 0 Å². The van der Waals surface area contributed by atoms with Crippen molar-refractivity contribution in [2.24, 2.45) is 0 Å². The van der Waals surface area contributed by atoms with E-state index in [2.05, 4.69) is 24.5 Å². The Balaban J connectivity index is 1.75. The molecule has 2 aromatic carbocycles. The maximum absolute atomic E-state index is 10.5. The minimum absolute atomic E-state index is 0.257. The molecule has 1 aromatic heterocycles. The first-order chi connectivity index (χ1) is 11.9. The standard InChI is InChI=1S/C21H26N2O2/c1-14(2)21-22-19-7-5-6-8-20(19)23(21)12-17(24)13-25-18-10-15(3)9-16(4)11-18/h5-11,14,17,24H,12-13H2,1-4H3/t17-/m1/s1. The lowest BCUT2D eigenvalue weighted by atomic mass is 10.1. The van der Waals surface area contributed by atoms with Gasteiger partial charge in [-0.15, -0.1) is 0 Å². The van der Waals surface area contributed by atoms with Crippen LogP contribution in [-0.4, -0.2) is 27.4 Å². The van der Waals surface area contributed by atoms with E-state index in [1.54, 1.807) is 0 Å². The number of aromatic nitrogens is 2. The zero-order chi connectivity index (χ0) is 18.0. The lowest BCUT2D eigenvalue weighted by Crippen LogP contribution is -2.25. The van der Waals surface area contributed by atoms with E-state index >= 15 is 0 Å². The van der Waals surface area contributed by atoms with Gasteiger partial charge in [0.2, 0.25) is 0 Å². The lowest BCUT2D eigenvalue weighted by Gasteiger charge is -2.17. The predicted octanol–water partition coefficient (Wildman–Crippen LogP) is 4.22.